The van der Waals surface area contributed by atoms with Crippen LogP contribution >= 0.6 is 0 Å². The first kappa shape index (κ1) is 11.4. The third-order valence-corrected chi connectivity index (χ3v) is 2.49. The number of carbonyl (C=O) groups is 1. The van der Waals surface area contributed by atoms with Crippen molar-refractivity contribution in [3.63, 3.8) is 0 Å². The van der Waals surface area contributed by atoms with Crippen LogP contribution in [-0.4, -0.2) is 39.5 Å². The van der Waals surface area contributed by atoms with Crippen LogP contribution in [0.25, 0.3) is 0 Å². The fourth-order valence-electron chi connectivity index (χ4n) is 1.64. The van der Waals surface area contributed by atoms with Crippen LogP contribution in [0.2, 0.25) is 0 Å². The molecule has 8 heteroatoms. The predicted molar refractivity (Wildman–Crippen MR) is 61.9 cm³/mol. The molecular weight excluding hydrogens is 226 g/mol. The zero-order chi connectivity index (χ0) is 12.6. The summed E-state index contributed by atoms with van der Waals surface area (Å²) in [6.45, 7) is 1.62. The summed E-state index contributed by atoms with van der Waals surface area (Å²) in [6.07, 6.45) is -1.09. The Morgan fingerprint density at radius 1 is 1.65 bits per heavy atom. The number of fused-ring (bicyclic) bond motifs is 1. The predicted octanol–water partition coefficient (Wildman–Crippen LogP) is -1.49. The Hall–Kier alpha value is -2.09. The Labute approximate surface area is 96.2 Å². The van der Waals surface area contributed by atoms with Gasteiger partial charge in [-0.2, -0.15) is 4.98 Å². The van der Waals surface area contributed by atoms with Crippen LogP contribution in [-0.2, 0) is 4.79 Å². The summed E-state index contributed by atoms with van der Waals surface area (Å²) < 4.78 is 0. The number of carbonyl (C=O) groups excluding carboxylic acids is 1. The maximum absolute atomic E-state index is 11.6. The van der Waals surface area contributed by atoms with E-state index in [2.05, 4.69) is 20.6 Å². The molecule has 8 nitrogen and oxygen atoms in total. The molecule has 0 saturated heterocycles. The van der Waals surface area contributed by atoms with Crippen molar-refractivity contribution < 1.29 is 9.90 Å². The maximum atomic E-state index is 11.6. The average Bonchev–Trinajstić information content (AvgIpc) is 2.27. The minimum absolute atomic E-state index is 0.00310. The van der Waals surface area contributed by atoms with Crippen molar-refractivity contribution in [1.82, 2.24) is 9.97 Å². The van der Waals surface area contributed by atoms with Gasteiger partial charge < -0.3 is 21.5 Å². The number of nitrogen functional groups attached to an aromatic ring is 1. The second kappa shape index (κ2) is 4.06. The van der Waals surface area contributed by atoms with E-state index in [9.17, 15) is 14.7 Å². The van der Waals surface area contributed by atoms with E-state index in [1.54, 1.807) is 0 Å². The number of rotatable bonds is 2. The number of ketones is 1. The van der Waals surface area contributed by atoms with Crippen molar-refractivity contribution in [1.29, 1.82) is 0 Å². The highest BCUT2D eigenvalue weighted by atomic mass is 16.3. The molecular formula is C9H13N5O3. The van der Waals surface area contributed by atoms with Gasteiger partial charge in [-0.3, -0.25) is 14.6 Å². The van der Waals surface area contributed by atoms with Gasteiger partial charge in [0, 0.05) is 6.54 Å². The molecule has 1 aromatic heterocycles. The SMILES string of the molecule is C[C@@H](O)C(=O)[C@H]1CNc2nc(N)[nH]c(=O)c2N1. The van der Waals surface area contributed by atoms with Gasteiger partial charge in [-0.1, -0.05) is 0 Å². The summed E-state index contributed by atoms with van der Waals surface area (Å²) in [7, 11) is 0. The Kier molecular flexibility index (Phi) is 2.72. The molecule has 0 unspecified atom stereocenters. The molecule has 0 bridgehead atoms. The van der Waals surface area contributed by atoms with Crippen LogP contribution in [0.3, 0.4) is 0 Å². The average molecular weight is 239 g/mol. The number of nitrogens with two attached hydrogens (primary N) is 1. The van der Waals surface area contributed by atoms with E-state index < -0.39 is 17.7 Å². The molecule has 2 atom stereocenters. The minimum Gasteiger partial charge on any atom is -0.386 e. The maximum Gasteiger partial charge on any atom is 0.277 e. The van der Waals surface area contributed by atoms with Gasteiger partial charge in [0.1, 0.15) is 17.8 Å². The lowest BCUT2D eigenvalue weighted by Crippen LogP contribution is -2.45. The van der Waals surface area contributed by atoms with Gasteiger partial charge in [-0.05, 0) is 6.92 Å². The highest BCUT2D eigenvalue weighted by molar-refractivity contribution is 5.92. The molecule has 1 aliphatic heterocycles. The summed E-state index contributed by atoms with van der Waals surface area (Å²) in [6, 6.07) is -0.658. The van der Waals surface area contributed by atoms with Gasteiger partial charge in [0.15, 0.2) is 11.6 Å². The molecule has 2 rings (SSSR count). The van der Waals surface area contributed by atoms with E-state index in [0.29, 0.717) is 5.82 Å². The lowest BCUT2D eigenvalue weighted by atomic mass is 10.1. The van der Waals surface area contributed by atoms with Crippen LogP contribution < -0.4 is 21.9 Å². The molecule has 92 valence electrons. The van der Waals surface area contributed by atoms with Crippen molar-refractivity contribution in [2.75, 3.05) is 22.9 Å². The molecule has 0 fully saturated rings. The standard InChI is InChI=1S/C9H13N5O3/c1-3(15)6(16)4-2-11-7-5(12-4)8(17)14-9(10)13-7/h3-4,12,15H,2H2,1H3,(H4,10,11,13,14,17)/t3-,4-/m1/s1. The van der Waals surface area contributed by atoms with E-state index in [1.807, 2.05) is 0 Å². The number of anilines is 3. The number of aromatic amines is 1. The molecule has 6 N–H and O–H groups in total. The lowest BCUT2D eigenvalue weighted by molar-refractivity contribution is -0.126. The Balaban J connectivity index is 2.31. The van der Waals surface area contributed by atoms with E-state index in [-0.39, 0.29) is 24.0 Å². The topological polar surface area (TPSA) is 133 Å². The van der Waals surface area contributed by atoms with Gasteiger partial charge in [0.2, 0.25) is 5.95 Å². The van der Waals surface area contributed by atoms with Crippen LogP contribution in [0.4, 0.5) is 17.5 Å². The molecule has 1 aromatic rings. The zero-order valence-electron chi connectivity index (χ0n) is 9.15. The van der Waals surface area contributed by atoms with Crippen LogP contribution in [0.1, 0.15) is 6.92 Å². The number of aliphatic hydroxyl groups is 1. The molecule has 0 saturated carbocycles. The van der Waals surface area contributed by atoms with Gasteiger partial charge in [0.25, 0.3) is 5.56 Å². The minimum atomic E-state index is -1.09. The first-order valence-corrected chi connectivity index (χ1v) is 5.11. The Morgan fingerprint density at radius 3 is 3.00 bits per heavy atom. The normalized spacial score (nSPS) is 19.8. The summed E-state index contributed by atoms with van der Waals surface area (Å²) in [5.41, 5.74) is 5.09. The van der Waals surface area contributed by atoms with E-state index >= 15 is 0 Å². The van der Waals surface area contributed by atoms with E-state index in [0.717, 1.165) is 0 Å². The number of H-pyrrole nitrogens is 1. The first-order valence-electron chi connectivity index (χ1n) is 5.11. The van der Waals surface area contributed by atoms with Crippen LogP contribution in [0, 0.1) is 0 Å². The van der Waals surface area contributed by atoms with E-state index in [1.165, 1.54) is 6.92 Å². The van der Waals surface area contributed by atoms with Gasteiger partial charge in [0.05, 0.1) is 0 Å². The van der Waals surface area contributed by atoms with Crippen molar-refractivity contribution in [2.24, 2.45) is 0 Å². The Morgan fingerprint density at radius 2 is 2.35 bits per heavy atom. The number of hydrogen-bond acceptors (Lipinski definition) is 7. The molecule has 0 amide bonds. The van der Waals surface area contributed by atoms with Crippen LogP contribution in [0.15, 0.2) is 4.79 Å². The third kappa shape index (κ3) is 2.07. The lowest BCUT2D eigenvalue weighted by Gasteiger charge is -2.26. The summed E-state index contributed by atoms with van der Waals surface area (Å²) in [5.74, 6) is -0.0800. The molecule has 0 spiro atoms. The number of aliphatic hydroxyl groups excluding tert-OH is 1. The molecule has 17 heavy (non-hydrogen) atoms. The quantitative estimate of drug-likeness (QED) is 0.424. The Bertz CT molecular complexity index is 510. The molecule has 2 heterocycles. The smallest absolute Gasteiger partial charge is 0.277 e. The second-order valence-corrected chi connectivity index (χ2v) is 3.83. The highest BCUT2D eigenvalue weighted by Gasteiger charge is 2.28. The fourth-order valence-corrected chi connectivity index (χ4v) is 1.64. The number of aromatic nitrogens is 2. The second-order valence-electron chi connectivity index (χ2n) is 3.83. The van der Waals surface area contributed by atoms with Crippen LogP contribution in [0.5, 0.6) is 0 Å². The van der Waals surface area contributed by atoms with Crippen molar-refractivity contribution in [3.05, 3.63) is 10.4 Å². The largest absolute Gasteiger partial charge is 0.386 e. The third-order valence-electron chi connectivity index (χ3n) is 2.49. The number of nitrogens with zero attached hydrogens (tertiary/aromatic N) is 1. The fraction of sp³-hybridized carbons (Fsp3) is 0.444. The monoisotopic (exact) mass is 239 g/mol. The molecule has 0 aliphatic carbocycles. The van der Waals surface area contributed by atoms with Crippen molar-refractivity contribution in [3.8, 4) is 0 Å². The van der Waals surface area contributed by atoms with Gasteiger partial charge >= 0.3 is 0 Å². The number of Topliss-reactive ketones (excluding diaryl/α,β-unsaturated/α-hetero) is 1. The first-order chi connectivity index (χ1) is 7.99. The summed E-state index contributed by atoms with van der Waals surface area (Å²) in [5, 5.41) is 14.8. The van der Waals surface area contributed by atoms with Gasteiger partial charge in [-0.15, -0.1) is 0 Å². The molecule has 0 radical (unpaired) electrons. The van der Waals surface area contributed by atoms with Crippen molar-refractivity contribution in [2.45, 2.75) is 19.1 Å². The molecule has 1 aliphatic rings. The van der Waals surface area contributed by atoms with Gasteiger partial charge in [-0.25, -0.2) is 0 Å². The number of hydrogen-bond donors (Lipinski definition) is 5. The number of nitrogens with one attached hydrogen (secondary N) is 3. The molecule has 0 aromatic carbocycles. The van der Waals surface area contributed by atoms with Crippen molar-refractivity contribution >= 4 is 23.2 Å². The summed E-state index contributed by atoms with van der Waals surface area (Å²) >= 11 is 0. The zero-order valence-corrected chi connectivity index (χ0v) is 9.15. The van der Waals surface area contributed by atoms with E-state index in [4.69, 9.17) is 5.73 Å². The highest BCUT2D eigenvalue weighted by Crippen LogP contribution is 2.20. The summed E-state index contributed by atoms with van der Waals surface area (Å²) in [4.78, 5) is 29.4.